The first-order valence-electron chi connectivity index (χ1n) is 6.89. The third-order valence-corrected chi connectivity index (χ3v) is 3.19. The van der Waals surface area contributed by atoms with Crippen molar-refractivity contribution in [1.29, 1.82) is 0 Å². The van der Waals surface area contributed by atoms with Crippen molar-refractivity contribution in [2.45, 2.75) is 33.0 Å². The van der Waals surface area contributed by atoms with Gasteiger partial charge in [-0.05, 0) is 32.0 Å². The molecular weight excluding hydrogens is 292 g/mol. The molecule has 7 heteroatoms. The summed E-state index contributed by atoms with van der Waals surface area (Å²) in [6.07, 6.45) is 1.65. The van der Waals surface area contributed by atoms with Gasteiger partial charge < -0.3 is 10.1 Å². The van der Waals surface area contributed by atoms with Gasteiger partial charge in [-0.3, -0.25) is 9.48 Å². The van der Waals surface area contributed by atoms with Crippen LogP contribution in [0.25, 0.3) is 0 Å². The van der Waals surface area contributed by atoms with Crippen molar-refractivity contribution < 1.29 is 18.3 Å². The summed E-state index contributed by atoms with van der Waals surface area (Å²) in [5, 5.41) is 6.90. The summed E-state index contributed by atoms with van der Waals surface area (Å²) in [5.41, 5.74) is 0.903. The molecule has 2 rings (SSSR count). The van der Waals surface area contributed by atoms with E-state index in [0.29, 0.717) is 6.54 Å². The number of nitrogens with one attached hydrogen (secondary N) is 1. The lowest BCUT2D eigenvalue weighted by atomic mass is 10.1. The number of amides is 1. The predicted octanol–water partition coefficient (Wildman–Crippen LogP) is 3.00. The third-order valence-electron chi connectivity index (χ3n) is 3.19. The minimum absolute atomic E-state index is 0.0669. The molecule has 1 unspecified atom stereocenters. The van der Waals surface area contributed by atoms with Gasteiger partial charge in [0.1, 0.15) is 5.75 Å². The zero-order chi connectivity index (χ0) is 16.1. The topological polar surface area (TPSA) is 56.2 Å². The molecule has 0 aliphatic heterocycles. The van der Waals surface area contributed by atoms with Crippen molar-refractivity contribution in [3.63, 3.8) is 0 Å². The van der Waals surface area contributed by atoms with Crippen LogP contribution in [-0.2, 0) is 6.54 Å². The lowest BCUT2D eigenvalue weighted by molar-refractivity contribution is -0.0501. The van der Waals surface area contributed by atoms with E-state index in [9.17, 15) is 13.6 Å². The number of para-hydroxylation sites is 1. The SMILES string of the molecule is CCn1nccc1C(C)NC(=O)c1ccccc1OC(F)F. The standard InChI is InChI=1S/C15H17F2N3O2/c1-3-20-12(8-9-18-20)10(2)19-14(21)11-6-4-5-7-13(11)22-15(16)17/h4-10,15H,3H2,1-2H3,(H,19,21). The van der Waals surface area contributed by atoms with Crippen molar-refractivity contribution in [2.24, 2.45) is 0 Å². The largest absolute Gasteiger partial charge is 0.434 e. The number of aromatic nitrogens is 2. The summed E-state index contributed by atoms with van der Waals surface area (Å²) in [6, 6.07) is 7.39. The van der Waals surface area contributed by atoms with Crippen molar-refractivity contribution >= 4 is 5.91 Å². The van der Waals surface area contributed by atoms with Crippen molar-refractivity contribution in [2.75, 3.05) is 0 Å². The van der Waals surface area contributed by atoms with Gasteiger partial charge in [0.05, 0.1) is 17.3 Å². The molecule has 0 aliphatic carbocycles. The molecule has 1 aromatic carbocycles. The maximum atomic E-state index is 12.4. The molecule has 0 saturated heterocycles. The van der Waals surface area contributed by atoms with Crippen molar-refractivity contribution in [3.8, 4) is 5.75 Å². The summed E-state index contributed by atoms with van der Waals surface area (Å²) in [7, 11) is 0. The Hall–Kier alpha value is -2.44. The minimum Gasteiger partial charge on any atom is -0.434 e. The second-order valence-corrected chi connectivity index (χ2v) is 4.64. The quantitative estimate of drug-likeness (QED) is 0.892. The summed E-state index contributed by atoms with van der Waals surface area (Å²) in [5.74, 6) is -0.626. The van der Waals surface area contributed by atoms with Gasteiger partial charge >= 0.3 is 6.61 Å². The summed E-state index contributed by atoms with van der Waals surface area (Å²) < 4.78 is 30.9. The van der Waals surface area contributed by atoms with E-state index in [1.54, 1.807) is 29.9 Å². The number of halogens is 2. The molecule has 1 aromatic heterocycles. The van der Waals surface area contributed by atoms with Crippen LogP contribution in [-0.4, -0.2) is 22.3 Å². The number of aryl methyl sites for hydroxylation is 1. The average molecular weight is 309 g/mol. The molecule has 5 nitrogen and oxygen atoms in total. The van der Waals surface area contributed by atoms with Crippen LogP contribution in [0, 0.1) is 0 Å². The highest BCUT2D eigenvalue weighted by Crippen LogP contribution is 2.21. The molecule has 0 spiro atoms. The summed E-state index contributed by atoms with van der Waals surface area (Å²) >= 11 is 0. The Morgan fingerprint density at radius 3 is 2.77 bits per heavy atom. The number of carbonyl (C=O) groups is 1. The van der Waals surface area contributed by atoms with Gasteiger partial charge in [-0.15, -0.1) is 0 Å². The number of rotatable bonds is 6. The van der Waals surface area contributed by atoms with E-state index in [1.165, 1.54) is 18.2 Å². The molecule has 0 fully saturated rings. The zero-order valence-electron chi connectivity index (χ0n) is 12.3. The molecule has 0 saturated carbocycles. The molecule has 1 amide bonds. The number of benzene rings is 1. The van der Waals surface area contributed by atoms with Crippen LogP contribution in [0.3, 0.4) is 0 Å². The highest BCUT2D eigenvalue weighted by molar-refractivity contribution is 5.97. The predicted molar refractivity (Wildman–Crippen MR) is 76.9 cm³/mol. The van der Waals surface area contributed by atoms with Crippen LogP contribution in [0.4, 0.5) is 8.78 Å². The van der Waals surface area contributed by atoms with Gasteiger partial charge in [0, 0.05) is 12.7 Å². The Morgan fingerprint density at radius 2 is 2.09 bits per heavy atom. The molecule has 1 atom stereocenters. The molecule has 0 bridgehead atoms. The molecule has 1 N–H and O–H groups in total. The van der Waals surface area contributed by atoms with Gasteiger partial charge in [0.2, 0.25) is 0 Å². The smallest absolute Gasteiger partial charge is 0.387 e. The first-order chi connectivity index (χ1) is 10.5. The molecular formula is C15H17F2N3O2. The van der Waals surface area contributed by atoms with Crippen LogP contribution in [0.1, 0.15) is 35.9 Å². The molecule has 22 heavy (non-hydrogen) atoms. The highest BCUT2D eigenvalue weighted by Gasteiger charge is 2.19. The van der Waals surface area contributed by atoms with E-state index in [-0.39, 0.29) is 17.4 Å². The average Bonchev–Trinajstić information content (AvgIpc) is 2.95. The summed E-state index contributed by atoms with van der Waals surface area (Å²) in [4.78, 5) is 12.3. The molecule has 0 aliphatic rings. The number of nitrogens with zero attached hydrogens (tertiary/aromatic N) is 2. The van der Waals surface area contributed by atoms with Crippen molar-refractivity contribution in [3.05, 3.63) is 47.8 Å². The lowest BCUT2D eigenvalue weighted by Crippen LogP contribution is -2.28. The van der Waals surface area contributed by atoms with Gasteiger partial charge in [0.25, 0.3) is 5.91 Å². The highest BCUT2D eigenvalue weighted by atomic mass is 19.3. The first kappa shape index (κ1) is 15.9. The Morgan fingerprint density at radius 1 is 1.36 bits per heavy atom. The van der Waals surface area contributed by atoms with E-state index in [0.717, 1.165) is 5.69 Å². The van der Waals surface area contributed by atoms with Crippen LogP contribution in [0.15, 0.2) is 36.5 Å². The van der Waals surface area contributed by atoms with E-state index >= 15 is 0 Å². The van der Waals surface area contributed by atoms with Crippen molar-refractivity contribution in [1.82, 2.24) is 15.1 Å². The van der Waals surface area contributed by atoms with E-state index in [4.69, 9.17) is 0 Å². The fourth-order valence-electron chi connectivity index (χ4n) is 2.18. The van der Waals surface area contributed by atoms with Crippen LogP contribution >= 0.6 is 0 Å². The Balaban J connectivity index is 2.15. The first-order valence-corrected chi connectivity index (χ1v) is 6.89. The molecule has 1 heterocycles. The molecule has 2 aromatic rings. The van der Waals surface area contributed by atoms with Crippen LogP contribution in [0.2, 0.25) is 0 Å². The van der Waals surface area contributed by atoms with Gasteiger partial charge in [-0.1, -0.05) is 12.1 Å². The normalized spacial score (nSPS) is 12.2. The number of hydrogen-bond acceptors (Lipinski definition) is 3. The van der Waals surface area contributed by atoms with E-state index in [1.807, 2.05) is 6.92 Å². The van der Waals surface area contributed by atoms with E-state index < -0.39 is 12.5 Å². The molecule has 118 valence electrons. The van der Waals surface area contributed by atoms with E-state index in [2.05, 4.69) is 15.2 Å². The molecule has 0 radical (unpaired) electrons. The third kappa shape index (κ3) is 3.60. The number of alkyl halides is 2. The fourth-order valence-corrected chi connectivity index (χ4v) is 2.18. The van der Waals surface area contributed by atoms with Gasteiger partial charge in [-0.25, -0.2) is 0 Å². The van der Waals surface area contributed by atoms with Crippen LogP contribution < -0.4 is 10.1 Å². The maximum absolute atomic E-state index is 12.4. The fraction of sp³-hybridized carbons (Fsp3) is 0.333. The Bertz CT molecular complexity index is 643. The number of hydrogen-bond donors (Lipinski definition) is 1. The Kier molecular flexibility index (Phi) is 5.08. The second-order valence-electron chi connectivity index (χ2n) is 4.64. The Labute approximate surface area is 126 Å². The second kappa shape index (κ2) is 7.02. The van der Waals surface area contributed by atoms with Gasteiger partial charge in [0.15, 0.2) is 0 Å². The number of carbonyl (C=O) groups excluding carboxylic acids is 1. The minimum atomic E-state index is -2.98. The number of ether oxygens (including phenoxy) is 1. The maximum Gasteiger partial charge on any atom is 0.387 e. The summed E-state index contributed by atoms with van der Waals surface area (Å²) in [6.45, 7) is 1.44. The zero-order valence-corrected chi connectivity index (χ0v) is 12.3. The van der Waals surface area contributed by atoms with Gasteiger partial charge in [-0.2, -0.15) is 13.9 Å². The lowest BCUT2D eigenvalue weighted by Gasteiger charge is -2.16. The van der Waals surface area contributed by atoms with Crippen LogP contribution in [0.5, 0.6) is 5.75 Å². The monoisotopic (exact) mass is 309 g/mol.